The summed E-state index contributed by atoms with van der Waals surface area (Å²) in [7, 11) is 0. The van der Waals surface area contributed by atoms with E-state index in [1.54, 1.807) is 6.92 Å². The first-order valence-corrected chi connectivity index (χ1v) is 7.95. The molecule has 0 bridgehead atoms. The van der Waals surface area contributed by atoms with Crippen molar-refractivity contribution in [2.24, 2.45) is 10.4 Å². The van der Waals surface area contributed by atoms with Crippen LogP contribution in [0.5, 0.6) is 0 Å². The largest absolute Gasteiger partial charge is 0.405 e. The first-order valence-electron chi connectivity index (χ1n) is 7.95. The van der Waals surface area contributed by atoms with Gasteiger partial charge in [0.2, 0.25) is 5.90 Å². The molecule has 126 valence electrons. The number of esters is 1. The fourth-order valence-electron chi connectivity index (χ4n) is 2.48. The van der Waals surface area contributed by atoms with Crippen LogP contribution in [0.3, 0.4) is 0 Å². The molecule has 0 N–H and O–H groups in total. The number of ether oxygens (including phenoxy) is 3. The van der Waals surface area contributed by atoms with Crippen LogP contribution in [0.4, 0.5) is 0 Å². The fraction of sp³-hybridized carbons (Fsp3) is 0.556. The minimum atomic E-state index is -0.774. The highest BCUT2D eigenvalue weighted by molar-refractivity contribution is 6.03. The topological polar surface area (TPSA) is 57.1 Å². The average molecular weight is 319 g/mol. The van der Waals surface area contributed by atoms with Gasteiger partial charge >= 0.3 is 5.97 Å². The molecule has 1 aliphatic heterocycles. The van der Waals surface area contributed by atoms with Gasteiger partial charge in [0, 0.05) is 12.2 Å². The Morgan fingerprint density at radius 3 is 2.48 bits per heavy atom. The number of rotatable bonds is 5. The molecule has 0 amide bonds. The van der Waals surface area contributed by atoms with Gasteiger partial charge in [-0.3, -0.25) is 0 Å². The van der Waals surface area contributed by atoms with Crippen molar-refractivity contribution in [2.45, 2.75) is 53.1 Å². The molecular formula is C18H25NO4. The van der Waals surface area contributed by atoms with Gasteiger partial charge in [0.1, 0.15) is 0 Å². The first kappa shape index (κ1) is 17.6. The zero-order valence-corrected chi connectivity index (χ0v) is 14.4. The SMILES string of the molecule is CCOC(C)OC1C(=O)OC(c2ccccc2)=NC1C(C)(C)C. The second-order valence-corrected chi connectivity index (χ2v) is 6.61. The molecular weight excluding hydrogens is 294 g/mol. The molecule has 0 aromatic heterocycles. The number of nitrogens with zero attached hydrogens (tertiary/aromatic N) is 1. The Hall–Kier alpha value is -1.72. The lowest BCUT2D eigenvalue weighted by atomic mass is 9.83. The molecule has 5 nitrogen and oxygen atoms in total. The molecule has 3 atom stereocenters. The number of hydrogen-bond acceptors (Lipinski definition) is 5. The minimum absolute atomic E-state index is 0.254. The summed E-state index contributed by atoms with van der Waals surface area (Å²) in [6, 6.07) is 9.08. The maximum atomic E-state index is 12.5. The molecule has 0 spiro atoms. The third-order valence-corrected chi connectivity index (χ3v) is 3.62. The summed E-state index contributed by atoms with van der Waals surface area (Å²) in [5.74, 6) is -0.0789. The van der Waals surface area contributed by atoms with Crippen LogP contribution in [0.25, 0.3) is 0 Å². The van der Waals surface area contributed by atoms with E-state index in [1.165, 1.54) is 0 Å². The molecule has 0 fully saturated rings. The summed E-state index contributed by atoms with van der Waals surface area (Å²) in [6.07, 6.45) is -1.26. The van der Waals surface area contributed by atoms with E-state index in [0.29, 0.717) is 12.5 Å². The number of carbonyl (C=O) groups excluding carboxylic acids is 1. The lowest BCUT2D eigenvalue weighted by Crippen LogP contribution is -2.50. The fourth-order valence-corrected chi connectivity index (χ4v) is 2.48. The van der Waals surface area contributed by atoms with Gasteiger partial charge in [0.15, 0.2) is 12.4 Å². The summed E-state index contributed by atoms with van der Waals surface area (Å²) in [5.41, 5.74) is 0.530. The summed E-state index contributed by atoms with van der Waals surface area (Å²) in [5, 5.41) is 0. The minimum Gasteiger partial charge on any atom is -0.405 e. The van der Waals surface area contributed by atoms with Gasteiger partial charge in [-0.15, -0.1) is 0 Å². The summed E-state index contributed by atoms with van der Waals surface area (Å²) in [4.78, 5) is 17.2. The van der Waals surface area contributed by atoms with E-state index in [-0.39, 0.29) is 11.5 Å². The van der Waals surface area contributed by atoms with Gasteiger partial charge in [-0.2, -0.15) is 0 Å². The molecule has 3 unspecified atom stereocenters. The van der Waals surface area contributed by atoms with Crippen LogP contribution in [0.2, 0.25) is 0 Å². The van der Waals surface area contributed by atoms with Crippen LogP contribution >= 0.6 is 0 Å². The molecule has 2 rings (SSSR count). The monoisotopic (exact) mass is 319 g/mol. The normalized spacial score (nSPS) is 23.2. The van der Waals surface area contributed by atoms with Gasteiger partial charge < -0.3 is 14.2 Å². The van der Waals surface area contributed by atoms with Crippen molar-refractivity contribution in [1.82, 2.24) is 0 Å². The molecule has 1 aromatic carbocycles. The molecule has 1 aromatic rings. The van der Waals surface area contributed by atoms with E-state index in [1.807, 2.05) is 58.0 Å². The number of hydrogen-bond donors (Lipinski definition) is 0. The van der Waals surface area contributed by atoms with Crippen LogP contribution in [0, 0.1) is 5.41 Å². The zero-order valence-electron chi connectivity index (χ0n) is 14.4. The summed E-state index contributed by atoms with van der Waals surface area (Å²) in [6.45, 7) is 10.3. The van der Waals surface area contributed by atoms with Crippen molar-refractivity contribution in [1.29, 1.82) is 0 Å². The molecule has 0 aliphatic carbocycles. The molecule has 1 heterocycles. The highest BCUT2D eigenvalue weighted by atomic mass is 16.7. The standard InChI is InChI=1S/C18H25NO4/c1-6-21-12(2)22-14-15(18(3,4)5)19-16(23-17(14)20)13-10-8-7-9-11-13/h7-12,14-15H,6H2,1-5H3. The van der Waals surface area contributed by atoms with Crippen LogP contribution in [-0.2, 0) is 19.0 Å². The zero-order chi connectivity index (χ0) is 17.0. The third-order valence-electron chi connectivity index (χ3n) is 3.62. The van der Waals surface area contributed by atoms with E-state index in [4.69, 9.17) is 14.2 Å². The molecule has 1 aliphatic rings. The maximum Gasteiger partial charge on any atom is 0.344 e. The van der Waals surface area contributed by atoms with Gasteiger partial charge in [0.25, 0.3) is 0 Å². The average Bonchev–Trinajstić information content (AvgIpc) is 2.49. The Balaban J connectivity index is 2.31. The smallest absolute Gasteiger partial charge is 0.344 e. The summed E-state index contributed by atoms with van der Waals surface area (Å²) >= 11 is 0. The Labute approximate surface area is 137 Å². The highest BCUT2D eigenvalue weighted by Crippen LogP contribution is 2.31. The Kier molecular flexibility index (Phi) is 5.55. The van der Waals surface area contributed by atoms with Crippen molar-refractivity contribution in [3.8, 4) is 0 Å². The molecule has 0 saturated carbocycles. The van der Waals surface area contributed by atoms with Gasteiger partial charge in [-0.25, -0.2) is 9.79 Å². The van der Waals surface area contributed by atoms with Crippen molar-refractivity contribution >= 4 is 11.9 Å². The molecule has 0 radical (unpaired) electrons. The van der Waals surface area contributed by atoms with E-state index in [2.05, 4.69) is 4.99 Å². The van der Waals surface area contributed by atoms with Gasteiger partial charge in [-0.05, 0) is 31.4 Å². The highest BCUT2D eigenvalue weighted by Gasteiger charge is 2.43. The van der Waals surface area contributed by atoms with Crippen molar-refractivity contribution < 1.29 is 19.0 Å². The number of aliphatic imine (C=N–C) groups is 1. The van der Waals surface area contributed by atoms with Gasteiger partial charge in [-0.1, -0.05) is 39.0 Å². The van der Waals surface area contributed by atoms with E-state index >= 15 is 0 Å². The van der Waals surface area contributed by atoms with Crippen molar-refractivity contribution in [3.05, 3.63) is 35.9 Å². The quantitative estimate of drug-likeness (QED) is 0.618. The van der Waals surface area contributed by atoms with E-state index in [0.717, 1.165) is 5.56 Å². The second kappa shape index (κ2) is 7.23. The van der Waals surface area contributed by atoms with E-state index < -0.39 is 18.4 Å². The van der Waals surface area contributed by atoms with Crippen molar-refractivity contribution in [2.75, 3.05) is 6.61 Å². The summed E-state index contributed by atoms with van der Waals surface area (Å²) < 4.78 is 16.6. The lowest BCUT2D eigenvalue weighted by molar-refractivity contribution is -0.191. The van der Waals surface area contributed by atoms with Crippen molar-refractivity contribution in [3.63, 3.8) is 0 Å². The number of cyclic esters (lactones) is 1. The van der Waals surface area contributed by atoms with Crippen LogP contribution in [0.15, 0.2) is 35.3 Å². The Morgan fingerprint density at radius 2 is 1.91 bits per heavy atom. The number of carbonyl (C=O) groups is 1. The predicted molar refractivity (Wildman–Crippen MR) is 88.3 cm³/mol. The van der Waals surface area contributed by atoms with E-state index in [9.17, 15) is 4.79 Å². The predicted octanol–water partition coefficient (Wildman–Crippen LogP) is 3.17. The second-order valence-electron chi connectivity index (χ2n) is 6.61. The molecule has 23 heavy (non-hydrogen) atoms. The van der Waals surface area contributed by atoms with Crippen LogP contribution < -0.4 is 0 Å². The maximum absolute atomic E-state index is 12.5. The molecule has 5 heteroatoms. The first-order chi connectivity index (χ1) is 10.8. The number of benzene rings is 1. The van der Waals surface area contributed by atoms with Crippen LogP contribution in [-0.4, -0.2) is 36.9 Å². The Morgan fingerprint density at radius 1 is 1.26 bits per heavy atom. The molecule has 0 saturated heterocycles. The lowest BCUT2D eigenvalue weighted by Gasteiger charge is -2.36. The third kappa shape index (κ3) is 4.39. The van der Waals surface area contributed by atoms with Gasteiger partial charge in [0.05, 0.1) is 6.04 Å². The van der Waals surface area contributed by atoms with Crippen LogP contribution in [0.1, 0.15) is 40.2 Å². The Bertz CT molecular complexity index is 562.